The quantitative estimate of drug-likeness (QED) is 0.652. The molecular weight excluding hydrogens is 376 g/mol. The van der Waals surface area contributed by atoms with E-state index in [1.54, 1.807) is 0 Å². The fraction of sp³-hybridized carbons (Fsp3) is 0.318. The maximum Gasteiger partial charge on any atom is 0.260 e. The number of benzene rings is 2. The zero-order valence-electron chi connectivity index (χ0n) is 16.2. The highest BCUT2D eigenvalue weighted by Gasteiger charge is 2.24. The van der Waals surface area contributed by atoms with Crippen molar-refractivity contribution in [1.29, 1.82) is 0 Å². The number of ether oxygens (including phenoxy) is 1. The first kappa shape index (κ1) is 20.2. The molecule has 0 N–H and O–H groups in total. The molecule has 2 aromatic carbocycles. The SMILES string of the molecule is CN(C)Cc1cc2c(o1)CCN(C(=O)COc1ccc3ccccc3c1)C2.Cl. The number of halogens is 1. The topological polar surface area (TPSA) is 45.9 Å². The minimum absolute atomic E-state index is 0. The summed E-state index contributed by atoms with van der Waals surface area (Å²) >= 11 is 0. The Morgan fingerprint density at radius 3 is 2.71 bits per heavy atom. The Kier molecular flexibility index (Phi) is 6.27. The molecule has 0 radical (unpaired) electrons. The highest BCUT2D eigenvalue weighted by molar-refractivity contribution is 5.85. The predicted molar refractivity (Wildman–Crippen MR) is 112 cm³/mol. The largest absolute Gasteiger partial charge is 0.484 e. The second kappa shape index (κ2) is 8.67. The molecule has 1 aliphatic rings. The maximum absolute atomic E-state index is 12.6. The first-order valence-electron chi connectivity index (χ1n) is 9.23. The summed E-state index contributed by atoms with van der Waals surface area (Å²) in [5.74, 6) is 2.68. The Balaban J connectivity index is 0.00000225. The summed E-state index contributed by atoms with van der Waals surface area (Å²) in [4.78, 5) is 16.5. The van der Waals surface area contributed by atoms with Crippen LogP contribution in [0.15, 0.2) is 52.9 Å². The van der Waals surface area contributed by atoms with Crippen molar-refractivity contribution in [3.63, 3.8) is 0 Å². The van der Waals surface area contributed by atoms with Gasteiger partial charge in [0, 0.05) is 25.1 Å². The summed E-state index contributed by atoms with van der Waals surface area (Å²) in [6, 6.07) is 16.1. The smallest absolute Gasteiger partial charge is 0.260 e. The fourth-order valence-corrected chi connectivity index (χ4v) is 3.49. The van der Waals surface area contributed by atoms with Gasteiger partial charge < -0.3 is 19.0 Å². The van der Waals surface area contributed by atoms with Gasteiger partial charge in [-0.3, -0.25) is 4.79 Å². The minimum atomic E-state index is 0. The van der Waals surface area contributed by atoms with Crippen LogP contribution in [0.3, 0.4) is 0 Å². The van der Waals surface area contributed by atoms with Crippen LogP contribution in [-0.2, 0) is 24.3 Å². The van der Waals surface area contributed by atoms with Crippen LogP contribution in [0.5, 0.6) is 5.75 Å². The van der Waals surface area contributed by atoms with E-state index < -0.39 is 0 Å². The third-order valence-electron chi connectivity index (χ3n) is 4.83. The van der Waals surface area contributed by atoms with E-state index in [2.05, 4.69) is 17.0 Å². The van der Waals surface area contributed by atoms with Gasteiger partial charge in [0.15, 0.2) is 6.61 Å². The number of carbonyl (C=O) groups excluding carboxylic acids is 1. The maximum atomic E-state index is 12.6. The third kappa shape index (κ3) is 4.49. The van der Waals surface area contributed by atoms with Gasteiger partial charge in [0.05, 0.1) is 6.54 Å². The van der Waals surface area contributed by atoms with Crippen molar-refractivity contribution in [2.75, 3.05) is 27.2 Å². The van der Waals surface area contributed by atoms with E-state index in [-0.39, 0.29) is 24.9 Å². The molecule has 0 saturated heterocycles. The van der Waals surface area contributed by atoms with Crippen LogP contribution in [0.2, 0.25) is 0 Å². The molecule has 0 atom stereocenters. The van der Waals surface area contributed by atoms with E-state index in [9.17, 15) is 4.79 Å². The summed E-state index contributed by atoms with van der Waals surface area (Å²) in [6.45, 7) is 2.08. The van der Waals surface area contributed by atoms with Crippen molar-refractivity contribution >= 4 is 29.1 Å². The Morgan fingerprint density at radius 1 is 1.14 bits per heavy atom. The van der Waals surface area contributed by atoms with Gasteiger partial charge in [0.25, 0.3) is 5.91 Å². The average molecular weight is 401 g/mol. The fourth-order valence-electron chi connectivity index (χ4n) is 3.49. The average Bonchev–Trinajstić information content (AvgIpc) is 3.06. The highest BCUT2D eigenvalue weighted by atomic mass is 35.5. The van der Waals surface area contributed by atoms with Gasteiger partial charge in [-0.25, -0.2) is 0 Å². The lowest BCUT2D eigenvalue weighted by molar-refractivity contribution is -0.134. The molecule has 1 aromatic heterocycles. The van der Waals surface area contributed by atoms with E-state index in [1.807, 2.05) is 55.4 Å². The Morgan fingerprint density at radius 2 is 1.93 bits per heavy atom. The lowest BCUT2D eigenvalue weighted by Crippen LogP contribution is -2.38. The molecule has 2 heterocycles. The molecule has 0 aliphatic carbocycles. The van der Waals surface area contributed by atoms with Gasteiger partial charge >= 0.3 is 0 Å². The van der Waals surface area contributed by atoms with Crippen molar-refractivity contribution in [2.45, 2.75) is 19.5 Å². The van der Waals surface area contributed by atoms with Crippen molar-refractivity contribution in [3.05, 3.63) is 65.6 Å². The van der Waals surface area contributed by atoms with Crippen molar-refractivity contribution in [1.82, 2.24) is 9.80 Å². The summed E-state index contributed by atoms with van der Waals surface area (Å²) in [7, 11) is 4.03. The molecule has 0 bridgehead atoms. The number of hydrogen-bond acceptors (Lipinski definition) is 4. The summed E-state index contributed by atoms with van der Waals surface area (Å²) in [5.41, 5.74) is 1.11. The van der Waals surface area contributed by atoms with Crippen molar-refractivity contribution in [2.24, 2.45) is 0 Å². The first-order valence-corrected chi connectivity index (χ1v) is 9.23. The van der Waals surface area contributed by atoms with E-state index in [0.717, 1.165) is 46.6 Å². The Bertz CT molecular complexity index is 967. The summed E-state index contributed by atoms with van der Waals surface area (Å²) < 4.78 is 11.7. The molecule has 0 fully saturated rings. The lowest BCUT2D eigenvalue weighted by atomic mass is 10.1. The zero-order chi connectivity index (χ0) is 18.8. The molecule has 28 heavy (non-hydrogen) atoms. The monoisotopic (exact) mass is 400 g/mol. The van der Waals surface area contributed by atoms with Gasteiger partial charge in [0.1, 0.15) is 17.3 Å². The molecule has 0 saturated carbocycles. The second-order valence-corrected chi connectivity index (χ2v) is 7.26. The predicted octanol–water partition coefficient (Wildman–Crippen LogP) is 3.88. The van der Waals surface area contributed by atoms with Crippen LogP contribution < -0.4 is 4.74 Å². The van der Waals surface area contributed by atoms with E-state index in [1.165, 1.54) is 0 Å². The molecule has 148 valence electrons. The van der Waals surface area contributed by atoms with Gasteiger partial charge in [0.2, 0.25) is 0 Å². The molecule has 5 nitrogen and oxygen atoms in total. The van der Waals surface area contributed by atoms with Crippen LogP contribution in [0.1, 0.15) is 17.1 Å². The zero-order valence-corrected chi connectivity index (χ0v) is 17.0. The molecule has 6 heteroatoms. The molecule has 0 spiro atoms. The first-order chi connectivity index (χ1) is 13.1. The number of nitrogens with zero attached hydrogens (tertiary/aromatic N) is 2. The number of amides is 1. The van der Waals surface area contributed by atoms with Crippen molar-refractivity contribution in [3.8, 4) is 5.75 Å². The van der Waals surface area contributed by atoms with Gasteiger partial charge in [-0.2, -0.15) is 0 Å². The van der Waals surface area contributed by atoms with E-state index in [0.29, 0.717) is 13.1 Å². The third-order valence-corrected chi connectivity index (χ3v) is 4.83. The van der Waals surface area contributed by atoms with Crippen LogP contribution >= 0.6 is 12.4 Å². The molecule has 0 unspecified atom stereocenters. The summed E-state index contributed by atoms with van der Waals surface area (Å²) in [5, 5.41) is 2.27. The van der Waals surface area contributed by atoms with Gasteiger partial charge in [-0.05, 0) is 43.1 Å². The number of fused-ring (bicyclic) bond motifs is 2. The second-order valence-electron chi connectivity index (χ2n) is 7.26. The molecule has 1 amide bonds. The standard InChI is InChI=1S/C22H24N2O3.ClH/c1-23(2)14-20-12-18-13-24(10-9-21(18)27-20)22(25)15-26-19-8-7-16-5-3-4-6-17(16)11-19;/h3-8,11-12H,9-10,13-15H2,1-2H3;1H. The molecule has 1 aliphatic heterocycles. The van der Waals surface area contributed by atoms with Crippen molar-refractivity contribution < 1.29 is 13.9 Å². The number of furan rings is 1. The van der Waals surface area contributed by atoms with E-state index in [4.69, 9.17) is 9.15 Å². The molecule has 3 aromatic rings. The van der Waals surface area contributed by atoms with Gasteiger partial charge in [-0.1, -0.05) is 30.3 Å². The Hall–Kier alpha value is -2.50. The molecular formula is C22H25ClN2O3. The summed E-state index contributed by atoms with van der Waals surface area (Å²) in [6.07, 6.45) is 0.754. The minimum Gasteiger partial charge on any atom is -0.484 e. The van der Waals surface area contributed by atoms with Gasteiger partial charge in [-0.15, -0.1) is 12.4 Å². The van der Waals surface area contributed by atoms with Crippen LogP contribution in [0, 0.1) is 0 Å². The van der Waals surface area contributed by atoms with E-state index >= 15 is 0 Å². The lowest BCUT2D eigenvalue weighted by Gasteiger charge is -2.26. The highest BCUT2D eigenvalue weighted by Crippen LogP contribution is 2.24. The normalized spacial score (nSPS) is 13.3. The van der Waals surface area contributed by atoms with Crippen LogP contribution in [0.4, 0.5) is 0 Å². The number of carbonyl (C=O) groups is 1. The van der Waals surface area contributed by atoms with Crippen LogP contribution in [-0.4, -0.2) is 43.0 Å². The number of rotatable bonds is 5. The number of hydrogen-bond donors (Lipinski definition) is 0. The van der Waals surface area contributed by atoms with Crippen LogP contribution in [0.25, 0.3) is 10.8 Å². The Labute approximate surface area is 171 Å². The molecule has 4 rings (SSSR count).